The number of halogens is 1. The number of anilines is 1. The van der Waals surface area contributed by atoms with Crippen LogP contribution in [0.3, 0.4) is 0 Å². The fraction of sp³-hybridized carbons (Fsp3) is 0.538. The third-order valence-electron chi connectivity index (χ3n) is 3.42. The van der Waals surface area contributed by atoms with Crippen molar-refractivity contribution in [2.75, 3.05) is 11.9 Å². The Morgan fingerprint density at radius 2 is 1.88 bits per heavy atom. The molecular weight excluding hydrogens is 220 g/mol. The lowest BCUT2D eigenvalue weighted by atomic mass is 9.98. The highest BCUT2D eigenvalue weighted by molar-refractivity contribution is 6.30. The van der Waals surface area contributed by atoms with Crippen LogP contribution in [0.15, 0.2) is 24.3 Å². The van der Waals surface area contributed by atoms with E-state index in [-0.39, 0.29) is 0 Å². The highest BCUT2D eigenvalue weighted by Crippen LogP contribution is 2.29. The van der Waals surface area contributed by atoms with Gasteiger partial charge in [-0.1, -0.05) is 24.4 Å². The van der Waals surface area contributed by atoms with Gasteiger partial charge >= 0.3 is 0 Å². The Hall–Kier alpha value is -0.730. The summed E-state index contributed by atoms with van der Waals surface area (Å²) in [6, 6.07) is 8.25. The highest BCUT2D eigenvalue weighted by Gasteiger charge is 2.23. The largest absolute Gasteiger partial charge is 0.381 e. The average molecular weight is 239 g/mol. The lowest BCUT2D eigenvalue weighted by Crippen LogP contribution is -2.35. The van der Waals surface area contributed by atoms with Crippen molar-refractivity contribution in [1.29, 1.82) is 0 Å². The number of hydrogen-bond acceptors (Lipinski definition) is 2. The summed E-state index contributed by atoms with van der Waals surface area (Å²) >= 11 is 5.86. The summed E-state index contributed by atoms with van der Waals surface area (Å²) in [5.41, 5.74) is 6.96. The van der Waals surface area contributed by atoms with Crippen LogP contribution in [0, 0.1) is 5.92 Å². The van der Waals surface area contributed by atoms with E-state index >= 15 is 0 Å². The van der Waals surface area contributed by atoms with Crippen molar-refractivity contribution in [1.82, 2.24) is 0 Å². The van der Waals surface area contributed by atoms with Gasteiger partial charge in [0.2, 0.25) is 0 Å². The van der Waals surface area contributed by atoms with Crippen LogP contribution < -0.4 is 11.1 Å². The fourth-order valence-electron chi connectivity index (χ4n) is 2.49. The molecule has 0 bridgehead atoms. The zero-order valence-electron chi connectivity index (χ0n) is 9.45. The molecule has 1 fully saturated rings. The van der Waals surface area contributed by atoms with Crippen LogP contribution in [-0.2, 0) is 0 Å². The molecule has 1 aliphatic rings. The molecule has 3 heteroatoms. The van der Waals surface area contributed by atoms with Crippen LogP contribution in [0.1, 0.15) is 25.7 Å². The van der Waals surface area contributed by atoms with Crippen LogP contribution >= 0.6 is 11.6 Å². The smallest absolute Gasteiger partial charge is 0.0411 e. The molecule has 88 valence electrons. The van der Waals surface area contributed by atoms with Gasteiger partial charge in [-0.05, 0) is 43.0 Å². The fourth-order valence-corrected chi connectivity index (χ4v) is 2.62. The van der Waals surface area contributed by atoms with Gasteiger partial charge in [0.1, 0.15) is 0 Å². The SMILES string of the molecule is NCC(Nc1ccc(Cl)cc1)C1CCCC1. The van der Waals surface area contributed by atoms with Crippen LogP contribution in [0.4, 0.5) is 5.69 Å². The van der Waals surface area contributed by atoms with E-state index in [1.54, 1.807) is 0 Å². The third kappa shape index (κ3) is 2.89. The summed E-state index contributed by atoms with van der Waals surface area (Å²) < 4.78 is 0. The van der Waals surface area contributed by atoms with Gasteiger partial charge < -0.3 is 11.1 Å². The molecule has 2 rings (SSSR count). The molecule has 0 aliphatic heterocycles. The first-order valence-electron chi connectivity index (χ1n) is 6.02. The molecule has 1 saturated carbocycles. The van der Waals surface area contributed by atoms with E-state index in [1.165, 1.54) is 25.7 Å². The Kier molecular flexibility index (Phi) is 4.08. The van der Waals surface area contributed by atoms with Crippen LogP contribution in [0.25, 0.3) is 0 Å². The molecule has 0 amide bonds. The summed E-state index contributed by atoms with van der Waals surface area (Å²) in [5.74, 6) is 0.737. The Balaban J connectivity index is 1.97. The second-order valence-corrected chi connectivity index (χ2v) is 4.97. The molecule has 0 heterocycles. The Labute approximate surface area is 102 Å². The van der Waals surface area contributed by atoms with Crippen LogP contribution in [0.5, 0.6) is 0 Å². The molecule has 0 spiro atoms. The topological polar surface area (TPSA) is 38.0 Å². The lowest BCUT2D eigenvalue weighted by Gasteiger charge is -2.24. The van der Waals surface area contributed by atoms with Gasteiger partial charge in [-0.25, -0.2) is 0 Å². The first-order valence-corrected chi connectivity index (χ1v) is 6.39. The maximum absolute atomic E-state index is 5.86. The van der Waals surface area contributed by atoms with E-state index in [1.807, 2.05) is 24.3 Å². The summed E-state index contributed by atoms with van der Waals surface area (Å²) in [7, 11) is 0. The molecule has 0 aromatic heterocycles. The minimum absolute atomic E-state index is 0.406. The van der Waals surface area contributed by atoms with Gasteiger partial charge in [0.25, 0.3) is 0 Å². The van der Waals surface area contributed by atoms with Crippen molar-refractivity contribution in [2.24, 2.45) is 11.7 Å². The molecule has 1 atom stereocenters. The van der Waals surface area contributed by atoms with Gasteiger partial charge in [0.15, 0.2) is 0 Å². The second kappa shape index (κ2) is 5.55. The third-order valence-corrected chi connectivity index (χ3v) is 3.67. The van der Waals surface area contributed by atoms with Crippen molar-refractivity contribution in [3.63, 3.8) is 0 Å². The van der Waals surface area contributed by atoms with E-state index in [4.69, 9.17) is 17.3 Å². The Morgan fingerprint density at radius 1 is 1.25 bits per heavy atom. The summed E-state index contributed by atoms with van der Waals surface area (Å²) in [6.45, 7) is 0.702. The predicted octanol–water partition coefficient (Wildman–Crippen LogP) is 3.27. The summed E-state index contributed by atoms with van der Waals surface area (Å²) in [4.78, 5) is 0. The molecule has 0 saturated heterocycles. The minimum atomic E-state index is 0.406. The molecule has 16 heavy (non-hydrogen) atoms. The van der Waals surface area contributed by atoms with Crippen molar-refractivity contribution >= 4 is 17.3 Å². The minimum Gasteiger partial charge on any atom is -0.381 e. The molecule has 1 aliphatic carbocycles. The summed E-state index contributed by atoms with van der Waals surface area (Å²) in [5, 5.41) is 4.29. The molecule has 1 aromatic rings. The number of nitrogens with one attached hydrogen (secondary N) is 1. The second-order valence-electron chi connectivity index (χ2n) is 4.54. The molecule has 1 unspecified atom stereocenters. The number of hydrogen-bond donors (Lipinski definition) is 2. The van der Waals surface area contributed by atoms with Crippen molar-refractivity contribution in [3.05, 3.63) is 29.3 Å². The quantitative estimate of drug-likeness (QED) is 0.845. The van der Waals surface area contributed by atoms with Gasteiger partial charge in [0.05, 0.1) is 0 Å². The zero-order chi connectivity index (χ0) is 11.4. The lowest BCUT2D eigenvalue weighted by molar-refractivity contribution is 0.462. The van der Waals surface area contributed by atoms with Gasteiger partial charge in [-0.15, -0.1) is 0 Å². The first kappa shape index (κ1) is 11.7. The van der Waals surface area contributed by atoms with Crippen LogP contribution in [-0.4, -0.2) is 12.6 Å². The first-order chi connectivity index (χ1) is 7.79. The molecular formula is C13H19ClN2. The maximum atomic E-state index is 5.86. The van der Waals surface area contributed by atoms with Crippen molar-refractivity contribution in [2.45, 2.75) is 31.7 Å². The van der Waals surface area contributed by atoms with Crippen molar-refractivity contribution in [3.8, 4) is 0 Å². The Morgan fingerprint density at radius 3 is 2.44 bits per heavy atom. The Bertz CT molecular complexity index is 317. The maximum Gasteiger partial charge on any atom is 0.0411 e. The molecule has 0 radical (unpaired) electrons. The monoisotopic (exact) mass is 238 g/mol. The number of rotatable bonds is 4. The van der Waals surface area contributed by atoms with Crippen molar-refractivity contribution < 1.29 is 0 Å². The van der Waals surface area contributed by atoms with Gasteiger partial charge in [-0.2, -0.15) is 0 Å². The predicted molar refractivity (Wildman–Crippen MR) is 69.9 cm³/mol. The number of benzene rings is 1. The average Bonchev–Trinajstić information content (AvgIpc) is 2.82. The van der Waals surface area contributed by atoms with E-state index in [9.17, 15) is 0 Å². The highest BCUT2D eigenvalue weighted by atomic mass is 35.5. The molecule has 1 aromatic carbocycles. The standard InChI is InChI=1S/C13H19ClN2/c14-11-5-7-12(8-6-11)16-13(9-15)10-3-1-2-4-10/h5-8,10,13,16H,1-4,9,15H2. The van der Waals surface area contributed by atoms with E-state index in [0.717, 1.165) is 16.6 Å². The van der Waals surface area contributed by atoms with Gasteiger partial charge in [0, 0.05) is 23.3 Å². The van der Waals surface area contributed by atoms with E-state index in [0.29, 0.717) is 12.6 Å². The number of nitrogens with two attached hydrogens (primary N) is 1. The van der Waals surface area contributed by atoms with Crippen LogP contribution in [0.2, 0.25) is 5.02 Å². The van der Waals surface area contributed by atoms with E-state index in [2.05, 4.69) is 5.32 Å². The summed E-state index contributed by atoms with van der Waals surface area (Å²) in [6.07, 6.45) is 5.32. The molecule has 3 N–H and O–H groups in total. The zero-order valence-corrected chi connectivity index (χ0v) is 10.2. The molecule has 2 nitrogen and oxygen atoms in total. The van der Waals surface area contributed by atoms with Gasteiger partial charge in [-0.3, -0.25) is 0 Å². The normalized spacial score (nSPS) is 18.6. The van der Waals surface area contributed by atoms with E-state index < -0.39 is 0 Å².